The number of aryl methyl sites for hydroxylation is 1. The summed E-state index contributed by atoms with van der Waals surface area (Å²) in [6.07, 6.45) is 16.2. The molecule has 6 heteroatoms. The van der Waals surface area contributed by atoms with Gasteiger partial charge >= 0.3 is 0 Å². The van der Waals surface area contributed by atoms with E-state index in [4.69, 9.17) is 9.47 Å². The summed E-state index contributed by atoms with van der Waals surface area (Å²) in [6, 6.07) is 6.34. The lowest BCUT2D eigenvalue weighted by Crippen LogP contribution is -2.43. The van der Waals surface area contributed by atoms with Crippen molar-refractivity contribution in [1.29, 1.82) is 0 Å². The Kier molecular flexibility index (Phi) is 5.83. The van der Waals surface area contributed by atoms with E-state index in [1.165, 1.54) is 0 Å². The summed E-state index contributed by atoms with van der Waals surface area (Å²) in [5, 5.41) is 0. The Balaban J connectivity index is 1.35. The van der Waals surface area contributed by atoms with E-state index in [1.807, 2.05) is 42.0 Å². The van der Waals surface area contributed by atoms with Crippen LogP contribution in [0.5, 0.6) is 5.75 Å². The van der Waals surface area contributed by atoms with Crippen LogP contribution in [0.15, 0.2) is 60.3 Å². The number of benzene rings is 1. The number of nitrogens with zero attached hydrogens (tertiary/aromatic N) is 3. The predicted octanol–water partition coefficient (Wildman–Crippen LogP) is 4.69. The van der Waals surface area contributed by atoms with Crippen LogP contribution >= 0.6 is 0 Å². The van der Waals surface area contributed by atoms with Gasteiger partial charge in [-0.25, -0.2) is 4.98 Å². The van der Waals surface area contributed by atoms with Gasteiger partial charge in [-0.1, -0.05) is 12.1 Å². The van der Waals surface area contributed by atoms with Gasteiger partial charge in [0.05, 0.1) is 31.9 Å². The van der Waals surface area contributed by atoms with E-state index in [2.05, 4.69) is 28.1 Å². The molecule has 1 saturated heterocycles. The molecular weight excluding hydrogens is 414 g/mol. The number of piperidine rings is 1. The van der Waals surface area contributed by atoms with E-state index in [0.29, 0.717) is 11.8 Å². The summed E-state index contributed by atoms with van der Waals surface area (Å²) in [7, 11) is 3.39. The first-order valence-electron chi connectivity index (χ1n) is 11.7. The number of rotatable bonds is 5. The molecule has 1 aromatic carbocycles. The average molecular weight is 446 g/mol. The molecule has 2 aromatic rings. The van der Waals surface area contributed by atoms with Crippen LogP contribution in [-0.2, 0) is 9.53 Å². The quantitative estimate of drug-likeness (QED) is 0.627. The minimum absolute atomic E-state index is 0.179. The normalized spacial score (nSPS) is 25.8. The number of imidazole rings is 1. The second kappa shape index (κ2) is 8.93. The van der Waals surface area contributed by atoms with Gasteiger partial charge in [0.1, 0.15) is 11.5 Å². The van der Waals surface area contributed by atoms with Crippen LogP contribution < -0.4 is 4.74 Å². The SMILES string of the molecule is COC1=CC2C[C@@H](N3CCC/C(=C\c4ccc(-n5cnc(C)c5)c(OC)c4)C3=O)CC2C=C1. The molecule has 1 aromatic heterocycles. The van der Waals surface area contributed by atoms with E-state index in [9.17, 15) is 4.79 Å². The second-order valence-corrected chi connectivity index (χ2v) is 9.21. The number of ether oxygens (including phenoxy) is 2. The molecule has 6 nitrogen and oxygen atoms in total. The average Bonchev–Trinajstić information content (AvgIpc) is 3.45. The molecule has 2 heterocycles. The topological polar surface area (TPSA) is 56.6 Å². The summed E-state index contributed by atoms with van der Waals surface area (Å²) in [5.41, 5.74) is 3.75. The third-order valence-electron chi connectivity index (χ3n) is 7.12. The van der Waals surface area contributed by atoms with Crippen molar-refractivity contribution in [1.82, 2.24) is 14.5 Å². The summed E-state index contributed by atoms with van der Waals surface area (Å²) in [6.45, 7) is 2.80. The van der Waals surface area contributed by atoms with Crippen LogP contribution in [-0.4, -0.2) is 47.2 Å². The number of fused-ring (bicyclic) bond motifs is 1. The summed E-state index contributed by atoms with van der Waals surface area (Å²) >= 11 is 0. The third kappa shape index (κ3) is 4.22. The second-order valence-electron chi connectivity index (χ2n) is 9.21. The zero-order valence-corrected chi connectivity index (χ0v) is 19.5. The first kappa shape index (κ1) is 21.6. The Morgan fingerprint density at radius 3 is 2.76 bits per heavy atom. The molecule has 0 bridgehead atoms. The molecule has 0 radical (unpaired) electrons. The number of allylic oxidation sites excluding steroid dienone is 3. The Morgan fingerprint density at radius 2 is 2.00 bits per heavy atom. The lowest BCUT2D eigenvalue weighted by molar-refractivity contribution is -0.130. The van der Waals surface area contributed by atoms with E-state index >= 15 is 0 Å². The van der Waals surface area contributed by atoms with Crippen molar-refractivity contribution in [3.8, 4) is 11.4 Å². The van der Waals surface area contributed by atoms with Gasteiger partial charge in [0.25, 0.3) is 0 Å². The number of carbonyl (C=O) groups is 1. The van der Waals surface area contributed by atoms with E-state index in [1.54, 1.807) is 20.5 Å². The van der Waals surface area contributed by atoms with Crippen molar-refractivity contribution in [2.24, 2.45) is 11.8 Å². The fraction of sp³-hybridized carbons (Fsp3) is 0.407. The molecule has 1 saturated carbocycles. The molecule has 1 amide bonds. The standard InChI is InChI=1S/C27H31N3O3/c1-18-16-29(17-28-18)25-9-6-19(12-26(25)33-3)11-21-5-4-10-30(27(21)31)23-13-20-7-8-24(32-2)15-22(20)14-23/h6-9,11-12,15-17,20,22-23H,4-5,10,13-14H2,1-3H3/b21-11+/t20?,22?,23-/m0/s1. The fourth-order valence-electron chi connectivity index (χ4n) is 5.43. The largest absolute Gasteiger partial charge is 0.497 e. The highest BCUT2D eigenvalue weighted by molar-refractivity contribution is 5.98. The number of likely N-dealkylation sites (tertiary alicyclic amines) is 1. The van der Waals surface area contributed by atoms with E-state index in [-0.39, 0.29) is 11.9 Å². The maximum absolute atomic E-state index is 13.4. The van der Waals surface area contributed by atoms with Crippen LogP contribution in [0.1, 0.15) is 36.9 Å². The molecular formula is C27H31N3O3. The van der Waals surface area contributed by atoms with Crippen LogP contribution in [0, 0.1) is 18.8 Å². The number of hydrogen-bond donors (Lipinski definition) is 0. The van der Waals surface area contributed by atoms with Gasteiger partial charge in [0.2, 0.25) is 5.91 Å². The monoisotopic (exact) mass is 445 g/mol. The van der Waals surface area contributed by atoms with Crippen molar-refractivity contribution in [3.63, 3.8) is 0 Å². The first-order valence-corrected chi connectivity index (χ1v) is 11.7. The molecule has 3 aliphatic rings. The lowest BCUT2D eigenvalue weighted by Gasteiger charge is -2.34. The van der Waals surface area contributed by atoms with E-state index in [0.717, 1.165) is 66.3 Å². The molecule has 172 valence electrons. The fourth-order valence-corrected chi connectivity index (χ4v) is 5.43. The van der Waals surface area contributed by atoms with Gasteiger partial charge in [0, 0.05) is 24.4 Å². The predicted molar refractivity (Wildman–Crippen MR) is 128 cm³/mol. The lowest BCUT2D eigenvalue weighted by atomic mass is 9.91. The van der Waals surface area contributed by atoms with Crippen molar-refractivity contribution in [2.75, 3.05) is 20.8 Å². The van der Waals surface area contributed by atoms with Crippen LogP contribution in [0.25, 0.3) is 11.8 Å². The number of aromatic nitrogens is 2. The Hall–Kier alpha value is -3.28. The highest BCUT2D eigenvalue weighted by Gasteiger charge is 2.39. The number of hydrogen-bond acceptors (Lipinski definition) is 4. The minimum Gasteiger partial charge on any atom is -0.497 e. The molecule has 1 aliphatic heterocycles. The molecule has 33 heavy (non-hydrogen) atoms. The molecule has 2 aliphatic carbocycles. The Bertz CT molecular complexity index is 1140. The third-order valence-corrected chi connectivity index (χ3v) is 7.12. The van der Waals surface area contributed by atoms with Gasteiger partial charge in [-0.3, -0.25) is 4.79 Å². The molecule has 2 fully saturated rings. The summed E-state index contributed by atoms with van der Waals surface area (Å²) in [5.74, 6) is 2.83. The van der Waals surface area contributed by atoms with Gasteiger partial charge in [0.15, 0.2) is 0 Å². The zero-order chi connectivity index (χ0) is 22.9. The van der Waals surface area contributed by atoms with Crippen LogP contribution in [0.3, 0.4) is 0 Å². The zero-order valence-electron chi connectivity index (χ0n) is 19.5. The van der Waals surface area contributed by atoms with Crippen LogP contribution in [0.2, 0.25) is 0 Å². The molecule has 5 rings (SSSR count). The van der Waals surface area contributed by atoms with Gasteiger partial charge in [-0.05, 0) is 80.4 Å². The van der Waals surface area contributed by atoms with Crippen LogP contribution in [0.4, 0.5) is 0 Å². The number of methoxy groups -OCH3 is 2. The highest BCUT2D eigenvalue weighted by atomic mass is 16.5. The molecule has 3 atom stereocenters. The first-order chi connectivity index (χ1) is 16.1. The smallest absolute Gasteiger partial charge is 0.250 e. The van der Waals surface area contributed by atoms with Crippen molar-refractivity contribution in [3.05, 3.63) is 71.5 Å². The molecule has 0 spiro atoms. The van der Waals surface area contributed by atoms with Gasteiger partial charge in [-0.2, -0.15) is 0 Å². The molecule has 0 N–H and O–H groups in total. The van der Waals surface area contributed by atoms with E-state index < -0.39 is 0 Å². The maximum Gasteiger partial charge on any atom is 0.250 e. The van der Waals surface area contributed by atoms with Crippen molar-refractivity contribution >= 4 is 12.0 Å². The number of amides is 1. The van der Waals surface area contributed by atoms with Gasteiger partial charge in [-0.15, -0.1) is 0 Å². The Labute approximate surface area is 195 Å². The molecule has 2 unspecified atom stereocenters. The van der Waals surface area contributed by atoms with Crippen molar-refractivity contribution < 1.29 is 14.3 Å². The van der Waals surface area contributed by atoms with Crippen molar-refractivity contribution in [2.45, 2.75) is 38.6 Å². The minimum atomic E-state index is 0.179. The number of carbonyl (C=O) groups excluding carboxylic acids is 1. The summed E-state index contributed by atoms with van der Waals surface area (Å²) < 4.78 is 13.0. The summed E-state index contributed by atoms with van der Waals surface area (Å²) in [4.78, 5) is 19.9. The Morgan fingerprint density at radius 1 is 1.15 bits per heavy atom. The maximum atomic E-state index is 13.4. The highest BCUT2D eigenvalue weighted by Crippen LogP contribution is 2.41. The van der Waals surface area contributed by atoms with Gasteiger partial charge < -0.3 is 18.9 Å².